The van der Waals surface area contributed by atoms with Crippen molar-refractivity contribution < 1.29 is 34.7 Å². The van der Waals surface area contributed by atoms with Crippen molar-refractivity contribution in [2.45, 2.75) is 157 Å². The number of pyridine rings is 4. The van der Waals surface area contributed by atoms with Gasteiger partial charge in [0.2, 0.25) is 0 Å². The Hall–Kier alpha value is -0.760. The van der Waals surface area contributed by atoms with E-state index < -0.39 is 65.9 Å². The van der Waals surface area contributed by atoms with E-state index in [2.05, 4.69) is 177 Å². The summed E-state index contributed by atoms with van der Waals surface area (Å²) < 4.78 is 19.3. The Balaban J connectivity index is -0.000000326. The molecule has 0 spiro atoms. The molecule has 0 radical (unpaired) electrons. The molecule has 0 unspecified atom stereocenters. The van der Waals surface area contributed by atoms with E-state index in [1.165, 1.54) is 0 Å². The quantitative estimate of drug-likeness (QED) is 0.147. The zero-order chi connectivity index (χ0) is 47.3. The number of hydrogen-bond donors (Lipinski definition) is 0. The van der Waals surface area contributed by atoms with E-state index in [1.807, 2.05) is 72.8 Å². The molecule has 4 aromatic rings. The standard InChI is InChI=1S/2C10H8N2.4C6H18NSi2.2Cr/c2*1-3-7-11-9(5-1)10-6-2-4-8-12-10;4*1-8(2,3)7-9(4,5)6;;/h2*1-8H;4*1-6H3;;/q;;4*-1;2*+2. The monoisotopic (exact) mass is 1060 g/mol. The van der Waals surface area contributed by atoms with Gasteiger partial charge in [-0.25, -0.2) is 0 Å². The Kier molecular flexibility index (Phi) is 33.4. The topological polar surface area (TPSA) is 108 Å². The van der Waals surface area contributed by atoms with Crippen LogP contribution >= 0.6 is 0 Å². The smallest absolute Gasteiger partial charge is 0.668 e. The van der Waals surface area contributed by atoms with Gasteiger partial charge in [-0.05, 0) is 48.5 Å². The van der Waals surface area contributed by atoms with Gasteiger partial charge in [0.25, 0.3) is 0 Å². The number of rotatable bonds is 10. The van der Waals surface area contributed by atoms with Crippen LogP contribution in [0.15, 0.2) is 97.6 Å². The summed E-state index contributed by atoms with van der Waals surface area (Å²) in [6.45, 7) is 55.1. The average Bonchev–Trinajstić information content (AvgIpc) is 3.01. The minimum Gasteiger partial charge on any atom is -0.668 e. The minimum absolute atomic E-state index is 0. The Morgan fingerprint density at radius 1 is 0.242 bits per heavy atom. The Bertz CT molecular complexity index is 1360. The van der Waals surface area contributed by atoms with Crippen molar-refractivity contribution in [2.24, 2.45) is 0 Å². The molecule has 0 aliphatic heterocycles. The third-order valence-corrected chi connectivity index (χ3v) is 27.3. The molecule has 0 bridgehead atoms. The molecule has 0 aliphatic carbocycles. The van der Waals surface area contributed by atoms with Gasteiger partial charge in [0.15, 0.2) is 0 Å². The van der Waals surface area contributed by atoms with Gasteiger partial charge < -0.3 is 18.6 Å². The van der Waals surface area contributed by atoms with Crippen LogP contribution in [0, 0.1) is 0 Å². The third-order valence-electron chi connectivity index (χ3n) is 5.87. The summed E-state index contributed by atoms with van der Waals surface area (Å²) in [7, 11) is -8.85. The average molecular weight is 1060 g/mol. The third kappa shape index (κ3) is 50.2. The van der Waals surface area contributed by atoms with Crippen LogP contribution in [-0.2, 0) is 34.7 Å². The molecule has 0 aromatic carbocycles. The van der Waals surface area contributed by atoms with Crippen molar-refractivity contribution in [2.75, 3.05) is 0 Å². The van der Waals surface area contributed by atoms with Crippen molar-refractivity contribution >= 4 is 65.9 Å². The first-order chi connectivity index (χ1) is 26.8. The van der Waals surface area contributed by atoms with Gasteiger partial charge in [-0.2, -0.15) is 0 Å². The fraction of sp³-hybridized carbons (Fsp3) is 0.545. The first-order valence-electron chi connectivity index (χ1n) is 21.4. The van der Waals surface area contributed by atoms with Crippen LogP contribution < -0.4 is 0 Å². The summed E-state index contributed by atoms with van der Waals surface area (Å²) in [6.07, 6.45) is 7.07. The fourth-order valence-electron chi connectivity index (χ4n) is 6.08. The summed E-state index contributed by atoms with van der Waals surface area (Å²) in [4.78, 5) is 16.7. The summed E-state index contributed by atoms with van der Waals surface area (Å²) in [5.41, 5.74) is 3.66. The van der Waals surface area contributed by atoms with Gasteiger partial charge in [-0.3, -0.25) is 19.9 Å². The molecule has 0 saturated heterocycles. The van der Waals surface area contributed by atoms with E-state index >= 15 is 0 Å². The van der Waals surface area contributed by atoms with Gasteiger partial charge in [-0.15, -0.1) is 0 Å². The molecule has 4 aromatic heterocycles. The van der Waals surface area contributed by atoms with Crippen molar-refractivity contribution in [3.05, 3.63) is 116 Å². The Morgan fingerprint density at radius 3 is 0.435 bits per heavy atom. The molecular formula is C44H88Cr2N8Si8. The van der Waals surface area contributed by atoms with E-state index in [4.69, 9.17) is 18.6 Å². The summed E-state index contributed by atoms with van der Waals surface area (Å²) in [6, 6.07) is 23.2. The first-order valence-corrected chi connectivity index (χ1v) is 48.9. The summed E-state index contributed by atoms with van der Waals surface area (Å²) in [5.74, 6) is 0. The second kappa shape index (κ2) is 30.5. The molecule has 0 aliphatic rings. The summed E-state index contributed by atoms with van der Waals surface area (Å²) in [5, 5.41) is 0. The molecular weight excluding hydrogens is 969 g/mol. The van der Waals surface area contributed by atoms with Gasteiger partial charge in [0, 0.05) is 24.8 Å². The van der Waals surface area contributed by atoms with Crippen molar-refractivity contribution in [1.82, 2.24) is 19.9 Å². The zero-order valence-corrected chi connectivity index (χ0v) is 54.2. The van der Waals surface area contributed by atoms with E-state index in [1.54, 1.807) is 24.8 Å². The molecule has 62 heavy (non-hydrogen) atoms. The van der Waals surface area contributed by atoms with Crippen LogP contribution in [0.3, 0.4) is 0 Å². The Labute approximate surface area is 413 Å². The number of aromatic nitrogens is 4. The molecule has 0 fully saturated rings. The molecule has 8 nitrogen and oxygen atoms in total. The molecule has 0 saturated carbocycles. The van der Waals surface area contributed by atoms with Gasteiger partial charge in [0.1, 0.15) is 0 Å². The van der Waals surface area contributed by atoms with Crippen LogP contribution in [0.25, 0.3) is 41.4 Å². The van der Waals surface area contributed by atoms with Crippen LogP contribution in [0.5, 0.6) is 0 Å². The van der Waals surface area contributed by atoms with E-state index in [0.29, 0.717) is 0 Å². The van der Waals surface area contributed by atoms with E-state index in [0.717, 1.165) is 22.8 Å². The maximum atomic E-state index is 4.82. The first kappa shape index (κ1) is 67.8. The second-order valence-electron chi connectivity index (χ2n) is 22.7. The largest absolute Gasteiger partial charge is 2.00 e. The van der Waals surface area contributed by atoms with E-state index in [9.17, 15) is 0 Å². The predicted octanol–water partition coefficient (Wildman–Crippen LogP) is 16.4. The van der Waals surface area contributed by atoms with Crippen LogP contribution in [-0.4, -0.2) is 85.8 Å². The minimum atomic E-state index is -1.11. The maximum Gasteiger partial charge on any atom is 2.00 e. The van der Waals surface area contributed by atoms with Crippen molar-refractivity contribution in [1.29, 1.82) is 0 Å². The number of nitrogens with zero attached hydrogens (tertiary/aromatic N) is 8. The SMILES string of the molecule is C[Si](C)(C)[N-][Si](C)(C)C.C[Si](C)(C)[N-][Si](C)(C)C.C[Si](C)(C)[N-][Si](C)(C)C.C[Si](C)(C)[N-][Si](C)(C)C.[Cr+2].[Cr+2].c1ccc(-c2ccccn2)nc1.c1ccc(-c2ccccn2)nc1. The molecule has 0 atom stereocenters. The van der Waals surface area contributed by atoms with Gasteiger partial charge in [0.05, 0.1) is 22.8 Å². The van der Waals surface area contributed by atoms with E-state index in [-0.39, 0.29) is 34.7 Å². The Morgan fingerprint density at radius 2 is 0.371 bits per heavy atom. The fourth-order valence-corrected chi connectivity index (χ4v) is 38.3. The van der Waals surface area contributed by atoms with Gasteiger partial charge in [-0.1, -0.05) is 247 Å². The molecule has 4 heterocycles. The van der Waals surface area contributed by atoms with Crippen LogP contribution in [0.2, 0.25) is 157 Å². The molecule has 0 amide bonds. The maximum absolute atomic E-state index is 4.82. The van der Waals surface area contributed by atoms with Gasteiger partial charge >= 0.3 is 34.7 Å². The second-order valence-corrected chi connectivity index (χ2v) is 61.0. The van der Waals surface area contributed by atoms with Crippen LogP contribution in [0.1, 0.15) is 0 Å². The normalized spacial score (nSPS) is 11.9. The number of hydrogen-bond acceptors (Lipinski definition) is 4. The van der Waals surface area contributed by atoms with Crippen molar-refractivity contribution in [3.8, 4) is 22.8 Å². The molecule has 348 valence electrons. The van der Waals surface area contributed by atoms with Crippen molar-refractivity contribution in [3.63, 3.8) is 0 Å². The summed E-state index contributed by atoms with van der Waals surface area (Å²) >= 11 is 0. The molecule has 0 N–H and O–H groups in total. The zero-order valence-electron chi connectivity index (χ0n) is 43.6. The van der Waals surface area contributed by atoms with Crippen LogP contribution in [0.4, 0.5) is 0 Å². The molecule has 18 heteroatoms. The molecule has 4 rings (SSSR count). The predicted molar refractivity (Wildman–Crippen MR) is 295 cm³/mol.